The Kier molecular flexibility index (Phi) is 5.24. The molecule has 4 heteroatoms. The summed E-state index contributed by atoms with van der Waals surface area (Å²) in [5.41, 5.74) is 2.12. The summed E-state index contributed by atoms with van der Waals surface area (Å²) in [6.07, 6.45) is 2.10. The third-order valence-electron chi connectivity index (χ3n) is 3.81. The molecule has 0 aromatic heterocycles. The van der Waals surface area contributed by atoms with Gasteiger partial charge >= 0.3 is 0 Å². The zero-order chi connectivity index (χ0) is 16.3. The van der Waals surface area contributed by atoms with Crippen LogP contribution in [0.2, 0.25) is 0 Å². The number of ether oxygens (including phenoxy) is 1. The van der Waals surface area contributed by atoms with Crippen LogP contribution in [0.15, 0.2) is 23.5 Å². The number of hydrogen-bond acceptors (Lipinski definition) is 4. The lowest BCUT2D eigenvalue weighted by molar-refractivity contribution is 0.101. The average Bonchev–Trinajstić information content (AvgIpc) is 2.80. The molecule has 0 unspecified atom stereocenters. The molecule has 1 heterocycles. The van der Waals surface area contributed by atoms with Gasteiger partial charge in [0, 0.05) is 6.54 Å². The Morgan fingerprint density at radius 2 is 1.82 bits per heavy atom. The maximum absolute atomic E-state index is 12.4. The highest BCUT2D eigenvalue weighted by molar-refractivity contribution is 6.13. The molecule has 1 aromatic rings. The van der Waals surface area contributed by atoms with Crippen LogP contribution in [0.4, 0.5) is 0 Å². The first-order valence-electron chi connectivity index (χ1n) is 7.96. The minimum absolute atomic E-state index is 0.0891. The lowest BCUT2D eigenvalue weighted by Crippen LogP contribution is -2.25. The largest absolute Gasteiger partial charge is 0.507 e. The van der Waals surface area contributed by atoms with Crippen LogP contribution < -0.4 is 4.74 Å². The van der Waals surface area contributed by atoms with Crippen molar-refractivity contribution in [1.29, 1.82) is 0 Å². The number of phenolic OH excluding ortho intramolecular Hbond substituents is 1. The van der Waals surface area contributed by atoms with Gasteiger partial charge < -0.3 is 9.84 Å². The number of nitrogens with zero attached hydrogens (tertiary/aromatic N) is 1. The van der Waals surface area contributed by atoms with Gasteiger partial charge in [-0.25, -0.2) is 0 Å². The van der Waals surface area contributed by atoms with Crippen LogP contribution in [0.5, 0.6) is 11.5 Å². The van der Waals surface area contributed by atoms with E-state index in [0.717, 1.165) is 31.5 Å². The lowest BCUT2D eigenvalue weighted by Gasteiger charge is -2.22. The van der Waals surface area contributed by atoms with Gasteiger partial charge in [-0.3, -0.25) is 9.69 Å². The predicted molar refractivity (Wildman–Crippen MR) is 87.3 cm³/mol. The molecule has 22 heavy (non-hydrogen) atoms. The fourth-order valence-corrected chi connectivity index (χ4v) is 2.79. The van der Waals surface area contributed by atoms with Crippen LogP contribution >= 0.6 is 0 Å². The molecule has 4 nitrogen and oxygen atoms in total. The van der Waals surface area contributed by atoms with Gasteiger partial charge in [-0.15, -0.1) is 0 Å². The highest BCUT2D eigenvalue weighted by Gasteiger charge is 2.32. The second-order valence-corrected chi connectivity index (χ2v) is 5.98. The molecule has 0 atom stereocenters. The molecule has 2 rings (SSSR count). The van der Waals surface area contributed by atoms with E-state index in [2.05, 4.69) is 18.7 Å². The predicted octanol–water partition coefficient (Wildman–Crippen LogP) is 3.88. The SMILES string of the molecule is CCCN(CCC)Cc1c(O)ccc2c1OC(=C(C)C)C2=O. The maximum atomic E-state index is 12.4. The number of hydrogen-bond donors (Lipinski definition) is 1. The maximum Gasteiger partial charge on any atom is 0.231 e. The minimum Gasteiger partial charge on any atom is -0.507 e. The summed E-state index contributed by atoms with van der Waals surface area (Å²) in [4.78, 5) is 14.6. The zero-order valence-corrected chi connectivity index (χ0v) is 13.9. The molecule has 0 saturated heterocycles. The summed E-state index contributed by atoms with van der Waals surface area (Å²) in [5, 5.41) is 10.2. The summed E-state index contributed by atoms with van der Waals surface area (Å²) in [7, 11) is 0. The van der Waals surface area contributed by atoms with Crippen molar-refractivity contribution >= 4 is 5.78 Å². The number of allylic oxidation sites excluding steroid dienone is 2. The molecule has 0 radical (unpaired) electrons. The van der Waals surface area contributed by atoms with Crippen LogP contribution in [-0.2, 0) is 6.54 Å². The van der Waals surface area contributed by atoms with Crippen molar-refractivity contribution in [3.05, 3.63) is 34.6 Å². The summed E-state index contributed by atoms with van der Waals surface area (Å²) in [6.45, 7) is 10.5. The molecule has 0 aliphatic carbocycles. The second kappa shape index (κ2) is 6.97. The van der Waals surface area contributed by atoms with Crippen molar-refractivity contribution in [2.45, 2.75) is 47.1 Å². The molecule has 0 bridgehead atoms. The molecule has 0 saturated carbocycles. The van der Waals surface area contributed by atoms with E-state index in [-0.39, 0.29) is 11.5 Å². The Morgan fingerprint density at radius 3 is 2.36 bits per heavy atom. The Hall–Kier alpha value is -1.81. The highest BCUT2D eigenvalue weighted by atomic mass is 16.5. The van der Waals surface area contributed by atoms with Gasteiger partial charge in [0.15, 0.2) is 5.76 Å². The monoisotopic (exact) mass is 303 g/mol. The van der Waals surface area contributed by atoms with Crippen LogP contribution in [-0.4, -0.2) is 28.9 Å². The first kappa shape index (κ1) is 16.6. The molecule has 1 aromatic carbocycles. The quantitative estimate of drug-likeness (QED) is 0.810. The van der Waals surface area contributed by atoms with Crippen LogP contribution in [0, 0.1) is 0 Å². The van der Waals surface area contributed by atoms with Crippen LogP contribution in [0.25, 0.3) is 0 Å². The number of Topliss-reactive ketones (excluding diaryl/α,β-unsaturated/α-hetero) is 1. The van der Waals surface area contributed by atoms with E-state index < -0.39 is 0 Å². The third-order valence-corrected chi connectivity index (χ3v) is 3.81. The number of aromatic hydroxyl groups is 1. The molecule has 1 N–H and O–H groups in total. The number of carbonyl (C=O) groups excluding carboxylic acids is 1. The molecule has 0 fully saturated rings. The number of ketones is 1. The molecule has 1 aliphatic rings. The van der Waals surface area contributed by atoms with E-state index in [1.807, 2.05) is 13.8 Å². The van der Waals surface area contributed by atoms with Gasteiger partial charge in [0.1, 0.15) is 11.5 Å². The van der Waals surface area contributed by atoms with Gasteiger partial charge in [0.25, 0.3) is 0 Å². The number of fused-ring (bicyclic) bond motifs is 1. The number of phenols is 1. The normalized spacial score (nSPS) is 13.5. The Balaban J connectivity index is 2.39. The molecular weight excluding hydrogens is 278 g/mol. The Bertz CT molecular complexity index is 595. The van der Waals surface area contributed by atoms with Crippen molar-refractivity contribution in [3.63, 3.8) is 0 Å². The summed E-state index contributed by atoms with van der Waals surface area (Å²) >= 11 is 0. The topological polar surface area (TPSA) is 49.8 Å². The summed E-state index contributed by atoms with van der Waals surface area (Å²) in [5.74, 6) is 1.02. The Labute approximate surface area is 132 Å². The summed E-state index contributed by atoms with van der Waals surface area (Å²) < 4.78 is 5.79. The molecule has 0 spiro atoms. The van der Waals surface area contributed by atoms with Gasteiger partial charge in [0.2, 0.25) is 5.78 Å². The third kappa shape index (κ3) is 3.17. The smallest absolute Gasteiger partial charge is 0.231 e. The van der Waals surface area contributed by atoms with Crippen molar-refractivity contribution in [3.8, 4) is 11.5 Å². The van der Waals surface area contributed by atoms with E-state index in [1.54, 1.807) is 12.1 Å². The van der Waals surface area contributed by atoms with Gasteiger partial charge in [-0.2, -0.15) is 0 Å². The van der Waals surface area contributed by atoms with Gasteiger partial charge in [-0.1, -0.05) is 13.8 Å². The molecule has 1 aliphatic heterocycles. The van der Waals surface area contributed by atoms with E-state index in [0.29, 0.717) is 29.2 Å². The van der Waals surface area contributed by atoms with Gasteiger partial charge in [0.05, 0.1) is 11.1 Å². The van der Waals surface area contributed by atoms with Crippen LogP contribution in [0.3, 0.4) is 0 Å². The van der Waals surface area contributed by atoms with Crippen molar-refractivity contribution in [1.82, 2.24) is 4.90 Å². The zero-order valence-electron chi connectivity index (χ0n) is 13.9. The fraction of sp³-hybridized carbons (Fsp3) is 0.500. The fourth-order valence-electron chi connectivity index (χ4n) is 2.79. The lowest BCUT2D eigenvalue weighted by atomic mass is 10.0. The molecule has 0 amide bonds. The first-order chi connectivity index (χ1) is 10.5. The van der Waals surface area contributed by atoms with E-state index >= 15 is 0 Å². The minimum atomic E-state index is -0.0891. The molecule has 120 valence electrons. The van der Waals surface area contributed by atoms with Crippen molar-refractivity contribution in [2.75, 3.05) is 13.1 Å². The van der Waals surface area contributed by atoms with Crippen molar-refractivity contribution < 1.29 is 14.6 Å². The van der Waals surface area contributed by atoms with E-state index in [1.165, 1.54) is 0 Å². The Morgan fingerprint density at radius 1 is 1.18 bits per heavy atom. The highest BCUT2D eigenvalue weighted by Crippen LogP contribution is 2.40. The van der Waals surface area contributed by atoms with E-state index in [9.17, 15) is 9.90 Å². The first-order valence-corrected chi connectivity index (χ1v) is 7.96. The molecular formula is C18H25NO3. The summed E-state index contributed by atoms with van der Waals surface area (Å²) in [6, 6.07) is 3.25. The van der Waals surface area contributed by atoms with Gasteiger partial charge in [-0.05, 0) is 57.5 Å². The standard InChI is InChI=1S/C18H25NO3/c1-5-9-19(10-6-2)11-14-15(20)8-7-13-16(21)17(12(3)4)22-18(13)14/h7-8,20H,5-6,9-11H2,1-4H3. The van der Waals surface area contributed by atoms with E-state index in [4.69, 9.17) is 4.74 Å². The van der Waals surface area contributed by atoms with Crippen LogP contribution in [0.1, 0.15) is 56.5 Å². The average molecular weight is 303 g/mol. The van der Waals surface area contributed by atoms with Crippen molar-refractivity contribution in [2.24, 2.45) is 0 Å². The number of rotatable bonds is 6. The number of carbonyl (C=O) groups is 1. The second-order valence-electron chi connectivity index (χ2n) is 5.98. The number of benzene rings is 1.